The number of ether oxygens (including phenoxy) is 1. The lowest BCUT2D eigenvalue weighted by Crippen LogP contribution is -2.18. The second-order valence-corrected chi connectivity index (χ2v) is 3.15. The van der Waals surface area contributed by atoms with Crippen molar-refractivity contribution in [3.63, 3.8) is 0 Å². The van der Waals surface area contributed by atoms with Crippen LogP contribution in [0.3, 0.4) is 0 Å². The zero-order valence-electron chi connectivity index (χ0n) is 8.37. The lowest BCUT2D eigenvalue weighted by molar-refractivity contribution is 0.128. The molecular weight excluding hydrogens is 164 g/mol. The van der Waals surface area contributed by atoms with E-state index in [2.05, 4.69) is 10.3 Å². The van der Waals surface area contributed by atoms with Crippen molar-refractivity contribution in [1.82, 2.24) is 4.98 Å². The van der Waals surface area contributed by atoms with Gasteiger partial charge in [0, 0.05) is 19.9 Å². The van der Waals surface area contributed by atoms with Crippen molar-refractivity contribution < 1.29 is 4.74 Å². The molecular formula is C10H16N2O. The second kappa shape index (κ2) is 4.82. The number of rotatable bonds is 4. The Morgan fingerprint density at radius 2 is 2.38 bits per heavy atom. The summed E-state index contributed by atoms with van der Waals surface area (Å²) in [4.78, 5) is 4.18. The zero-order valence-corrected chi connectivity index (χ0v) is 8.37. The molecule has 13 heavy (non-hydrogen) atoms. The highest BCUT2D eigenvalue weighted by molar-refractivity contribution is 5.36. The summed E-state index contributed by atoms with van der Waals surface area (Å²) in [5, 5.41) is 3.20. The molecule has 1 N–H and O–H groups in total. The first-order valence-corrected chi connectivity index (χ1v) is 4.41. The maximum Gasteiger partial charge on any atom is 0.126 e. The molecule has 0 spiro atoms. The molecule has 0 amide bonds. The third kappa shape index (κ3) is 3.42. The third-order valence-electron chi connectivity index (χ3n) is 1.89. The van der Waals surface area contributed by atoms with E-state index >= 15 is 0 Å². The number of aryl methyl sites for hydroxylation is 1. The number of nitrogens with zero attached hydrogens (tertiary/aromatic N) is 1. The Kier molecular flexibility index (Phi) is 3.71. The predicted molar refractivity (Wildman–Crippen MR) is 53.9 cm³/mol. The minimum atomic E-state index is 0.210. The van der Waals surface area contributed by atoms with E-state index in [0.29, 0.717) is 0 Å². The van der Waals surface area contributed by atoms with Crippen molar-refractivity contribution in [1.29, 1.82) is 0 Å². The molecule has 1 aromatic heterocycles. The van der Waals surface area contributed by atoms with Crippen molar-refractivity contribution >= 4 is 5.82 Å². The standard InChI is InChI=1S/C10H16N2O/c1-8-4-5-11-10(6-8)12-7-9(2)13-3/h4-6,9H,7H2,1-3H3,(H,11,12). The zero-order chi connectivity index (χ0) is 9.68. The Labute approximate surface area is 79.1 Å². The monoisotopic (exact) mass is 180 g/mol. The third-order valence-corrected chi connectivity index (χ3v) is 1.89. The Morgan fingerprint density at radius 1 is 1.62 bits per heavy atom. The molecule has 0 fully saturated rings. The number of nitrogens with one attached hydrogen (secondary N) is 1. The molecule has 3 heteroatoms. The van der Waals surface area contributed by atoms with Crippen LogP contribution in [0.1, 0.15) is 12.5 Å². The van der Waals surface area contributed by atoms with Crippen LogP contribution in [0, 0.1) is 6.92 Å². The average molecular weight is 180 g/mol. The van der Waals surface area contributed by atoms with Gasteiger partial charge in [-0.05, 0) is 31.5 Å². The molecule has 0 aliphatic heterocycles. The van der Waals surface area contributed by atoms with Crippen molar-refractivity contribution in [2.24, 2.45) is 0 Å². The van der Waals surface area contributed by atoms with Gasteiger partial charge in [0.25, 0.3) is 0 Å². The van der Waals surface area contributed by atoms with Gasteiger partial charge in [0.2, 0.25) is 0 Å². The molecule has 3 nitrogen and oxygen atoms in total. The van der Waals surface area contributed by atoms with Gasteiger partial charge in [0.05, 0.1) is 6.10 Å². The first-order chi connectivity index (χ1) is 6.22. The molecule has 1 aromatic rings. The number of pyridine rings is 1. The lowest BCUT2D eigenvalue weighted by Gasteiger charge is -2.11. The van der Waals surface area contributed by atoms with Crippen molar-refractivity contribution in [2.75, 3.05) is 19.0 Å². The van der Waals surface area contributed by atoms with Crippen LogP contribution in [0.25, 0.3) is 0 Å². The summed E-state index contributed by atoms with van der Waals surface area (Å²) >= 11 is 0. The van der Waals surface area contributed by atoms with Gasteiger partial charge in [-0.25, -0.2) is 4.98 Å². The van der Waals surface area contributed by atoms with Gasteiger partial charge in [0.15, 0.2) is 0 Å². The van der Waals surface area contributed by atoms with Crippen molar-refractivity contribution in [3.8, 4) is 0 Å². The largest absolute Gasteiger partial charge is 0.380 e. The molecule has 0 aliphatic carbocycles. The molecule has 72 valence electrons. The van der Waals surface area contributed by atoms with Gasteiger partial charge in [-0.3, -0.25) is 0 Å². The Bertz CT molecular complexity index is 263. The second-order valence-electron chi connectivity index (χ2n) is 3.15. The van der Waals surface area contributed by atoms with E-state index in [4.69, 9.17) is 4.74 Å². The minimum absolute atomic E-state index is 0.210. The topological polar surface area (TPSA) is 34.1 Å². The molecule has 0 radical (unpaired) electrons. The van der Waals surface area contributed by atoms with Gasteiger partial charge in [-0.2, -0.15) is 0 Å². The fourth-order valence-electron chi connectivity index (χ4n) is 0.964. The fourth-order valence-corrected chi connectivity index (χ4v) is 0.964. The Morgan fingerprint density at radius 3 is 3.00 bits per heavy atom. The van der Waals surface area contributed by atoms with Crippen molar-refractivity contribution in [3.05, 3.63) is 23.9 Å². The maximum atomic E-state index is 5.11. The van der Waals surface area contributed by atoms with Gasteiger partial charge < -0.3 is 10.1 Å². The van der Waals surface area contributed by atoms with Gasteiger partial charge >= 0.3 is 0 Å². The molecule has 1 unspecified atom stereocenters. The summed E-state index contributed by atoms with van der Waals surface area (Å²) in [6.45, 7) is 4.85. The smallest absolute Gasteiger partial charge is 0.126 e. The summed E-state index contributed by atoms with van der Waals surface area (Å²) < 4.78 is 5.11. The molecule has 0 bridgehead atoms. The van der Waals surface area contributed by atoms with Crippen LogP contribution in [0.15, 0.2) is 18.3 Å². The molecule has 1 atom stereocenters. The lowest BCUT2D eigenvalue weighted by atomic mass is 10.3. The Balaban J connectivity index is 2.45. The van der Waals surface area contributed by atoms with Gasteiger partial charge in [-0.1, -0.05) is 0 Å². The number of hydrogen-bond acceptors (Lipinski definition) is 3. The molecule has 0 saturated carbocycles. The Hall–Kier alpha value is -1.09. The predicted octanol–water partition coefficient (Wildman–Crippen LogP) is 1.84. The van der Waals surface area contributed by atoms with E-state index in [0.717, 1.165) is 12.4 Å². The summed E-state index contributed by atoms with van der Waals surface area (Å²) in [7, 11) is 1.70. The SMILES string of the molecule is COC(C)CNc1cc(C)ccn1. The summed E-state index contributed by atoms with van der Waals surface area (Å²) in [6.07, 6.45) is 2.01. The van der Waals surface area contributed by atoms with E-state index in [1.165, 1.54) is 5.56 Å². The molecule has 1 heterocycles. The van der Waals surface area contributed by atoms with E-state index in [-0.39, 0.29) is 6.10 Å². The first kappa shape index (κ1) is 9.99. The molecule has 1 rings (SSSR count). The van der Waals surface area contributed by atoms with E-state index in [1.807, 2.05) is 26.0 Å². The number of methoxy groups -OCH3 is 1. The van der Waals surface area contributed by atoms with E-state index in [1.54, 1.807) is 13.3 Å². The van der Waals surface area contributed by atoms with Gasteiger partial charge in [0.1, 0.15) is 5.82 Å². The molecule has 0 saturated heterocycles. The van der Waals surface area contributed by atoms with Crippen LogP contribution in [-0.4, -0.2) is 24.7 Å². The normalized spacial score (nSPS) is 12.5. The van der Waals surface area contributed by atoms with Crippen LogP contribution in [-0.2, 0) is 4.74 Å². The van der Waals surface area contributed by atoms with Crippen LogP contribution in [0.2, 0.25) is 0 Å². The van der Waals surface area contributed by atoms with Crippen LogP contribution < -0.4 is 5.32 Å². The first-order valence-electron chi connectivity index (χ1n) is 4.41. The highest BCUT2D eigenvalue weighted by Crippen LogP contribution is 2.05. The number of anilines is 1. The highest BCUT2D eigenvalue weighted by atomic mass is 16.5. The van der Waals surface area contributed by atoms with E-state index < -0.39 is 0 Å². The molecule has 0 aromatic carbocycles. The van der Waals surface area contributed by atoms with Crippen molar-refractivity contribution in [2.45, 2.75) is 20.0 Å². The quantitative estimate of drug-likeness (QED) is 0.767. The van der Waals surface area contributed by atoms with Crippen LogP contribution in [0.5, 0.6) is 0 Å². The minimum Gasteiger partial charge on any atom is -0.380 e. The van der Waals surface area contributed by atoms with E-state index in [9.17, 15) is 0 Å². The maximum absolute atomic E-state index is 5.11. The van der Waals surface area contributed by atoms with Gasteiger partial charge in [-0.15, -0.1) is 0 Å². The number of hydrogen-bond donors (Lipinski definition) is 1. The average Bonchev–Trinajstić information content (AvgIpc) is 2.14. The highest BCUT2D eigenvalue weighted by Gasteiger charge is 1.99. The summed E-state index contributed by atoms with van der Waals surface area (Å²) in [6, 6.07) is 3.99. The summed E-state index contributed by atoms with van der Waals surface area (Å²) in [5.74, 6) is 0.906. The van der Waals surface area contributed by atoms with Crippen LogP contribution in [0.4, 0.5) is 5.82 Å². The fraction of sp³-hybridized carbons (Fsp3) is 0.500. The molecule has 0 aliphatic rings. The van der Waals surface area contributed by atoms with Crippen LogP contribution >= 0.6 is 0 Å². The number of aromatic nitrogens is 1. The summed E-state index contributed by atoms with van der Waals surface area (Å²) in [5.41, 5.74) is 1.21.